The van der Waals surface area contributed by atoms with Crippen molar-refractivity contribution in [2.24, 2.45) is 0 Å². The van der Waals surface area contributed by atoms with Crippen LogP contribution in [0.4, 0.5) is 4.39 Å². The Morgan fingerprint density at radius 3 is 2.16 bits per heavy atom. The highest BCUT2D eigenvalue weighted by Crippen LogP contribution is 2.28. The van der Waals surface area contributed by atoms with Gasteiger partial charge in [-0.3, -0.25) is 4.90 Å². The van der Waals surface area contributed by atoms with Crippen molar-refractivity contribution in [2.75, 3.05) is 32.8 Å². The number of nitrogens with zero attached hydrogens (tertiary/aromatic N) is 1. The second kappa shape index (κ2) is 8.09. The van der Waals surface area contributed by atoms with Gasteiger partial charge in [0.15, 0.2) is 0 Å². The molecule has 2 aromatic carbocycles. The van der Waals surface area contributed by atoms with Gasteiger partial charge in [0, 0.05) is 13.1 Å². The Labute approximate surface area is 149 Å². The molecule has 3 nitrogen and oxygen atoms in total. The molecule has 0 bridgehead atoms. The quantitative estimate of drug-likeness (QED) is 0.866. The molecule has 1 atom stereocenters. The zero-order valence-corrected chi connectivity index (χ0v) is 14.7. The van der Waals surface area contributed by atoms with E-state index >= 15 is 0 Å². The van der Waals surface area contributed by atoms with Crippen LogP contribution in [0.1, 0.15) is 25.3 Å². The third-order valence-electron chi connectivity index (χ3n) is 4.93. The van der Waals surface area contributed by atoms with E-state index in [1.54, 1.807) is 12.1 Å². The summed E-state index contributed by atoms with van der Waals surface area (Å²) in [6.07, 6.45) is 1.67. The molecular weight excluding hydrogens is 317 g/mol. The van der Waals surface area contributed by atoms with Crippen LogP contribution in [-0.4, -0.2) is 42.9 Å². The first-order valence-corrected chi connectivity index (χ1v) is 8.93. The third-order valence-corrected chi connectivity index (χ3v) is 4.93. The highest BCUT2D eigenvalue weighted by atomic mass is 19.1. The first kappa shape index (κ1) is 18.1. The second-order valence-electron chi connectivity index (χ2n) is 6.92. The van der Waals surface area contributed by atoms with E-state index in [4.69, 9.17) is 4.74 Å². The largest absolute Gasteiger partial charge is 0.385 e. The predicted molar refractivity (Wildman–Crippen MR) is 97.9 cm³/mol. The molecular formula is C21H26FNO2. The van der Waals surface area contributed by atoms with Crippen LogP contribution in [0.25, 0.3) is 11.1 Å². The van der Waals surface area contributed by atoms with E-state index in [1.165, 1.54) is 12.1 Å². The first-order valence-electron chi connectivity index (χ1n) is 8.93. The standard InChI is InChI=1S/C21H26FNO2/c1-21(24,11-2-12-23-13-15-25-16-14-23)19-7-3-17(4-8-19)18-5-9-20(22)10-6-18/h3-10,24H,2,11-16H2,1H3. The Bertz CT molecular complexity index is 661. The van der Waals surface area contributed by atoms with Gasteiger partial charge < -0.3 is 9.84 Å². The molecule has 25 heavy (non-hydrogen) atoms. The number of hydrogen-bond donors (Lipinski definition) is 1. The van der Waals surface area contributed by atoms with Crippen LogP contribution in [0.2, 0.25) is 0 Å². The van der Waals surface area contributed by atoms with Crippen LogP contribution < -0.4 is 0 Å². The van der Waals surface area contributed by atoms with E-state index in [9.17, 15) is 9.50 Å². The lowest BCUT2D eigenvalue weighted by Crippen LogP contribution is -2.37. The minimum absolute atomic E-state index is 0.233. The lowest BCUT2D eigenvalue weighted by atomic mass is 9.89. The molecule has 0 aliphatic carbocycles. The molecule has 1 N–H and O–H groups in total. The van der Waals surface area contributed by atoms with Crippen LogP contribution in [-0.2, 0) is 10.3 Å². The Morgan fingerprint density at radius 2 is 1.56 bits per heavy atom. The third kappa shape index (κ3) is 4.88. The van der Waals surface area contributed by atoms with Crippen molar-refractivity contribution in [2.45, 2.75) is 25.4 Å². The van der Waals surface area contributed by atoms with Gasteiger partial charge in [0.25, 0.3) is 0 Å². The van der Waals surface area contributed by atoms with Crippen molar-refractivity contribution < 1.29 is 14.2 Å². The van der Waals surface area contributed by atoms with Crippen LogP contribution in [0, 0.1) is 5.82 Å². The summed E-state index contributed by atoms with van der Waals surface area (Å²) in [7, 11) is 0. The second-order valence-corrected chi connectivity index (χ2v) is 6.92. The molecule has 0 radical (unpaired) electrons. The molecule has 1 aliphatic heterocycles. The van der Waals surface area contributed by atoms with Gasteiger partial charge in [-0.2, -0.15) is 0 Å². The maximum Gasteiger partial charge on any atom is 0.123 e. The normalized spacial score (nSPS) is 18.0. The van der Waals surface area contributed by atoms with Gasteiger partial charge in [0.05, 0.1) is 18.8 Å². The van der Waals surface area contributed by atoms with E-state index < -0.39 is 5.60 Å². The number of benzene rings is 2. The summed E-state index contributed by atoms with van der Waals surface area (Å²) in [6, 6.07) is 14.4. The van der Waals surface area contributed by atoms with Gasteiger partial charge in [-0.05, 0) is 55.1 Å². The lowest BCUT2D eigenvalue weighted by Gasteiger charge is -2.29. The molecule has 1 fully saturated rings. The lowest BCUT2D eigenvalue weighted by molar-refractivity contribution is 0.0222. The maximum absolute atomic E-state index is 13.0. The zero-order chi connectivity index (χ0) is 17.7. The molecule has 1 saturated heterocycles. The number of hydrogen-bond acceptors (Lipinski definition) is 3. The first-order chi connectivity index (χ1) is 12.0. The van der Waals surface area contributed by atoms with Gasteiger partial charge in [-0.25, -0.2) is 4.39 Å². The van der Waals surface area contributed by atoms with Crippen molar-refractivity contribution in [3.8, 4) is 11.1 Å². The molecule has 0 saturated carbocycles. The Hall–Kier alpha value is -1.75. The average molecular weight is 343 g/mol. The van der Waals surface area contributed by atoms with Gasteiger partial charge in [0.2, 0.25) is 0 Å². The number of ether oxygens (including phenoxy) is 1. The summed E-state index contributed by atoms with van der Waals surface area (Å²) in [5.74, 6) is -0.233. The molecule has 0 aromatic heterocycles. The highest BCUT2D eigenvalue weighted by Gasteiger charge is 2.23. The Morgan fingerprint density at radius 1 is 1.00 bits per heavy atom. The van der Waals surface area contributed by atoms with E-state index in [0.717, 1.165) is 62.4 Å². The topological polar surface area (TPSA) is 32.7 Å². The molecule has 134 valence electrons. The van der Waals surface area contributed by atoms with Gasteiger partial charge >= 0.3 is 0 Å². The number of morpholine rings is 1. The van der Waals surface area contributed by atoms with Crippen LogP contribution in [0.5, 0.6) is 0 Å². The molecule has 1 aliphatic rings. The van der Waals surface area contributed by atoms with E-state index in [-0.39, 0.29) is 5.82 Å². The van der Waals surface area contributed by atoms with Gasteiger partial charge in [0.1, 0.15) is 5.82 Å². The van der Waals surface area contributed by atoms with E-state index in [0.29, 0.717) is 0 Å². The summed E-state index contributed by atoms with van der Waals surface area (Å²) in [5.41, 5.74) is 2.07. The monoisotopic (exact) mass is 343 g/mol. The molecule has 2 aromatic rings. The summed E-state index contributed by atoms with van der Waals surface area (Å²) in [6.45, 7) is 6.44. The molecule has 4 heteroatoms. The predicted octanol–water partition coefficient (Wildman–Crippen LogP) is 3.81. The summed E-state index contributed by atoms with van der Waals surface area (Å²) in [4.78, 5) is 2.39. The number of aliphatic hydroxyl groups is 1. The number of halogens is 1. The molecule has 1 unspecified atom stereocenters. The smallest absolute Gasteiger partial charge is 0.123 e. The van der Waals surface area contributed by atoms with Gasteiger partial charge in [-0.1, -0.05) is 36.4 Å². The molecule has 3 rings (SSSR count). The summed E-state index contributed by atoms with van der Waals surface area (Å²) < 4.78 is 18.4. The van der Waals surface area contributed by atoms with Crippen molar-refractivity contribution in [1.82, 2.24) is 4.90 Å². The summed E-state index contributed by atoms with van der Waals surface area (Å²) >= 11 is 0. The van der Waals surface area contributed by atoms with Crippen LogP contribution in [0.3, 0.4) is 0 Å². The van der Waals surface area contributed by atoms with Crippen molar-refractivity contribution in [1.29, 1.82) is 0 Å². The minimum Gasteiger partial charge on any atom is -0.385 e. The van der Waals surface area contributed by atoms with Crippen molar-refractivity contribution in [3.63, 3.8) is 0 Å². The number of rotatable bonds is 6. The molecule has 1 heterocycles. The van der Waals surface area contributed by atoms with Crippen LogP contribution >= 0.6 is 0 Å². The summed E-state index contributed by atoms with van der Waals surface area (Å²) in [5, 5.41) is 10.8. The highest BCUT2D eigenvalue weighted by molar-refractivity contribution is 5.63. The fourth-order valence-corrected chi connectivity index (χ4v) is 3.28. The van der Waals surface area contributed by atoms with E-state index in [2.05, 4.69) is 4.90 Å². The molecule has 0 amide bonds. The Kier molecular flexibility index (Phi) is 5.84. The fourth-order valence-electron chi connectivity index (χ4n) is 3.28. The minimum atomic E-state index is -0.840. The van der Waals surface area contributed by atoms with Crippen molar-refractivity contribution in [3.05, 3.63) is 59.9 Å². The average Bonchev–Trinajstić information content (AvgIpc) is 2.63. The SMILES string of the molecule is CC(O)(CCCN1CCOCC1)c1ccc(-c2ccc(F)cc2)cc1. The van der Waals surface area contributed by atoms with Gasteiger partial charge in [-0.15, -0.1) is 0 Å². The maximum atomic E-state index is 13.0. The Balaban J connectivity index is 1.58. The van der Waals surface area contributed by atoms with Crippen molar-refractivity contribution >= 4 is 0 Å². The van der Waals surface area contributed by atoms with E-state index in [1.807, 2.05) is 31.2 Å². The zero-order valence-electron chi connectivity index (χ0n) is 14.7. The van der Waals surface area contributed by atoms with Crippen LogP contribution in [0.15, 0.2) is 48.5 Å². The fraction of sp³-hybridized carbons (Fsp3) is 0.429. The molecule has 0 spiro atoms.